The Morgan fingerprint density at radius 2 is 0.700 bits per heavy atom. The summed E-state index contributed by atoms with van der Waals surface area (Å²) in [6.45, 7) is 0. The van der Waals surface area contributed by atoms with Gasteiger partial charge in [0, 0.05) is 0 Å². The second-order valence-electron chi connectivity index (χ2n) is 10.1. The first-order valence-electron chi connectivity index (χ1n) is 13.3. The van der Waals surface area contributed by atoms with Gasteiger partial charge in [-0.3, -0.25) is 9.80 Å². The van der Waals surface area contributed by atoms with Crippen molar-refractivity contribution in [3.63, 3.8) is 0 Å². The molecule has 4 rings (SSSR count). The van der Waals surface area contributed by atoms with E-state index in [-0.39, 0.29) is 0 Å². The molecule has 6 nitrogen and oxygen atoms in total. The monoisotopic (exact) mass is 536 g/mol. The van der Waals surface area contributed by atoms with Crippen LogP contribution in [0.3, 0.4) is 0 Å². The first-order chi connectivity index (χ1) is 19.4. The smallest absolute Gasteiger partial charge is 0.328 e. The predicted molar refractivity (Wildman–Crippen MR) is 156 cm³/mol. The maximum absolute atomic E-state index is 13.8. The molecule has 0 spiro atoms. The van der Waals surface area contributed by atoms with Gasteiger partial charge in [0.05, 0.1) is 0 Å². The molecule has 0 bridgehead atoms. The zero-order valence-electron chi connectivity index (χ0n) is 23.4. The third-order valence-electron chi connectivity index (χ3n) is 6.73. The summed E-state index contributed by atoms with van der Waals surface area (Å²) in [7, 11) is 7.36. The zero-order valence-corrected chi connectivity index (χ0v) is 23.4. The van der Waals surface area contributed by atoms with Crippen molar-refractivity contribution in [3.8, 4) is 0 Å². The molecule has 0 fully saturated rings. The number of hydrogen-bond donors (Lipinski definition) is 0. The maximum Gasteiger partial charge on any atom is 0.328 e. The van der Waals surface area contributed by atoms with Crippen LogP contribution in [0.4, 0.5) is 0 Å². The summed E-state index contributed by atoms with van der Waals surface area (Å²) < 4.78 is 12.6. The van der Waals surface area contributed by atoms with Gasteiger partial charge in [-0.2, -0.15) is 0 Å². The highest BCUT2D eigenvalue weighted by Crippen LogP contribution is 2.38. The lowest BCUT2D eigenvalue weighted by Crippen LogP contribution is -2.34. The fraction of sp³-hybridized carbons (Fsp3) is 0.235. The summed E-state index contributed by atoms with van der Waals surface area (Å²) in [5.41, 5.74) is 3.08. The highest BCUT2D eigenvalue weighted by atomic mass is 16.6. The fourth-order valence-corrected chi connectivity index (χ4v) is 4.83. The molecular weight excluding hydrogens is 500 g/mol. The van der Waals surface area contributed by atoms with E-state index in [0.717, 1.165) is 22.3 Å². The van der Waals surface area contributed by atoms with Gasteiger partial charge in [-0.15, -0.1) is 0 Å². The van der Waals surface area contributed by atoms with Gasteiger partial charge in [0.2, 0.25) is 0 Å². The van der Waals surface area contributed by atoms with E-state index in [9.17, 15) is 9.59 Å². The van der Waals surface area contributed by atoms with Crippen LogP contribution in [-0.2, 0) is 19.1 Å². The number of carbonyl (C=O) groups is 2. The van der Waals surface area contributed by atoms with E-state index in [2.05, 4.69) is 0 Å². The van der Waals surface area contributed by atoms with E-state index >= 15 is 0 Å². The highest BCUT2D eigenvalue weighted by molar-refractivity contribution is 5.79. The van der Waals surface area contributed by atoms with Gasteiger partial charge in [0.25, 0.3) is 0 Å². The van der Waals surface area contributed by atoms with Gasteiger partial charge < -0.3 is 9.47 Å². The minimum atomic E-state index is -0.884. The van der Waals surface area contributed by atoms with Crippen molar-refractivity contribution in [1.82, 2.24) is 9.80 Å². The number of esters is 2. The van der Waals surface area contributed by atoms with Gasteiger partial charge in [0.1, 0.15) is 12.1 Å². The van der Waals surface area contributed by atoms with Crippen LogP contribution >= 0.6 is 0 Å². The van der Waals surface area contributed by atoms with Gasteiger partial charge >= 0.3 is 11.9 Å². The summed E-state index contributed by atoms with van der Waals surface area (Å²) in [5.74, 6) is -0.872. The molecule has 0 amide bonds. The van der Waals surface area contributed by atoms with Crippen molar-refractivity contribution in [3.05, 3.63) is 144 Å². The molecule has 0 saturated heterocycles. The summed E-state index contributed by atoms with van der Waals surface area (Å²) in [4.78, 5) is 31.3. The number of hydrogen-bond acceptors (Lipinski definition) is 6. The van der Waals surface area contributed by atoms with Crippen LogP contribution in [0.15, 0.2) is 121 Å². The summed E-state index contributed by atoms with van der Waals surface area (Å²) in [6, 6.07) is 36.6. The molecule has 6 heteroatoms. The molecule has 0 unspecified atom stereocenters. The fourth-order valence-electron chi connectivity index (χ4n) is 4.83. The molecule has 206 valence electrons. The molecule has 4 aromatic carbocycles. The third-order valence-corrected chi connectivity index (χ3v) is 6.73. The van der Waals surface area contributed by atoms with Gasteiger partial charge in [-0.05, 0) is 50.4 Å². The average Bonchev–Trinajstić information content (AvgIpc) is 2.97. The van der Waals surface area contributed by atoms with Crippen LogP contribution < -0.4 is 0 Å². The largest absolute Gasteiger partial charge is 0.452 e. The van der Waals surface area contributed by atoms with Gasteiger partial charge in [-0.25, -0.2) is 9.59 Å². The number of benzene rings is 4. The van der Waals surface area contributed by atoms with Crippen LogP contribution in [0.5, 0.6) is 0 Å². The van der Waals surface area contributed by atoms with Crippen molar-refractivity contribution in [2.45, 2.75) is 24.3 Å². The summed E-state index contributed by atoms with van der Waals surface area (Å²) in [6.07, 6.45) is -1.77. The Labute approximate surface area is 236 Å². The number of carbonyl (C=O) groups excluding carboxylic acids is 2. The number of rotatable bonds is 11. The van der Waals surface area contributed by atoms with Crippen LogP contribution in [-0.4, -0.2) is 49.9 Å². The van der Waals surface area contributed by atoms with Gasteiger partial charge in [-0.1, -0.05) is 121 Å². The lowest BCUT2D eigenvalue weighted by atomic mass is 9.97. The third kappa shape index (κ3) is 7.03. The van der Waals surface area contributed by atoms with E-state index in [1.54, 1.807) is 0 Å². The normalized spacial score (nSPS) is 14.2. The molecule has 0 aliphatic heterocycles. The SMILES string of the molecule is CN(C)[C@H](C(=O)O[C@@H](c1ccccc1)[C@@H](OC(=O)[C@H](c1ccccc1)N(C)C)c1ccccc1)c1ccccc1. The first-order valence-corrected chi connectivity index (χ1v) is 13.3. The Balaban J connectivity index is 1.75. The summed E-state index contributed by atoms with van der Waals surface area (Å²) in [5, 5.41) is 0. The van der Waals surface area contributed by atoms with E-state index < -0.39 is 36.2 Å². The Hall–Kier alpha value is -4.26. The lowest BCUT2D eigenvalue weighted by molar-refractivity contribution is -0.176. The van der Waals surface area contributed by atoms with E-state index in [4.69, 9.17) is 9.47 Å². The van der Waals surface area contributed by atoms with E-state index in [1.165, 1.54) is 0 Å². The number of nitrogens with zero attached hydrogens (tertiary/aromatic N) is 2. The van der Waals surface area contributed by atoms with E-state index in [0.29, 0.717) is 0 Å². The first kappa shape index (κ1) is 28.7. The minimum absolute atomic E-state index is 0.436. The van der Waals surface area contributed by atoms with Crippen LogP contribution in [0.2, 0.25) is 0 Å². The molecule has 0 N–H and O–H groups in total. The molecule has 0 saturated carbocycles. The van der Waals surface area contributed by atoms with Gasteiger partial charge in [0.15, 0.2) is 12.2 Å². The lowest BCUT2D eigenvalue weighted by Gasteiger charge is -2.32. The van der Waals surface area contributed by atoms with Crippen LogP contribution in [0, 0.1) is 0 Å². The van der Waals surface area contributed by atoms with Crippen LogP contribution in [0.1, 0.15) is 46.5 Å². The Morgan fingerprint density at radius 1 is 0.450 bits per heavy atom. The average molecular weight is 537 g/mol. The number of ether oxygens (including phenoxy) is 2. The molecule has 0 aliphatic rings. The van der Waals surface area contributed by atoms with Crippen LogP contribution in [0.25, 0.3) is 0 Å². The second-order valence-corrected chi connectivity index (χ2v) is 10.1. The standard InChI is InChI=1S/C34H36N2O4/c1-35(2)29(25-17-9-5-10-18-25)33(37)39-31(27-21-13-7-14-22-27)32(28-23-15-8-16-24-28)40-34(38)30(36(3)4)26-19-11-6-12-20-26/h5-24,29-32H,1-4H3/t29-,30-,31-,32-/m0/s1. The molecule has 0 heterocycles. The Morgan fingerprint density at radius 3 is 0.950 bits per heavy atom. The Kier molecular flexibility index (Phi) is 9.84. The molecule has 4 atom stereocenters. The molecule has 40 heavy (non-hydrogen) atoms. The maximum atomic E-state index is 13.8. The number of likely N-dealkylation sites (N-methyl/N-ethyl adjacent to an activating group) is 2. The van der Waals surface area contributed by atoms with Crippen molar-refractivity contribution in [2.24, 2.45) is 0 Å². The van der Waals surface area contributed by atoms with Crippen molar-refractivity contribution in [1.29, 1.82) is 0 Å². The van der Waals surface area contributed by atoms with Crippen molar-refractivity contribution >= 4 is 11.9 Å². The molecule has 0 radical (unpaired) electrons. The van der Waals surface area contributed by atoms with Crippen molar-refractivity contribution in [2.75, 3.05) is 28.2 Å². The molecular formula is C34H36N2O4. The topological polar surface area (TPSA) is 59.1 Å². The van der Waals surface area contributed by atoms with E-state index in [1.807, 2.05) is 159 Å². The molecule has 0 aromatic heterocycles. The second kappa shape index (κ2) is 13.7. The molecule has 0 aliphatic carbocycles. The highest BCUT2D eigenvalue weighted by Gasteiger charge is 2.37. The zero-order chi connectivity index (χ0) is 28.5. The van der Waals surface area contributed by atoms with Crippen molar-refractivity contribution < 1.29 is 19.1 Å². The molecule has 4 aromatic rings. The quantitative estimate of drug-likeness (QED) is 0.214. The minimum Gasteiger partial charge on any atom is -0.452 e. The Bertz CT molecular complexity index is 1240. The summed E-state index contributed by atoms with van der Waals surface area (Å²) >= 11 is 0. The predicted octanol–water partition coefficient (Wildman–Crippen LogP) is 6.16.